The second-order valence-electron chi connectivity index (χ2n) is 5.46. The van der Waals surface area contributed by atoms with Crippen molar-refractivity contribution < 1.29 is 0 Å². The van der Waals surface area contributed by atoms with Gasteiger partial charge in [-0.15, -0.1) is 11.8 Å². The summed E-state index contributed by atoms with van der Waals surface area (Å²) in [6.07, 6.45) is 6.61. The molecule has 1 fully saturated rings. The molecule has 2 rings (SSSR count). The fourth-order valence-corrected chi connectivity index (χ4v) is 4.26. The summed E-state index contributed by atoms with van der Waals surface area (Å²) in [5.74, 6) is 2.00. The Labute approximate surface area is 136 Å². The average molecular weight is 332 g/mol. The molecule has 1 saturated carbocycles. The Hall–Kier alpha value is 0.110. The fraction of sp³-hybridized carbons (Fsp3) is 0.625. The van der Waals surface area contributed by atoms with Gasteiger partial charge in [0.15, 0.2) is 0 Å². The Morgan fingerprint density at radius 1 is 1.25 bits per heavy atom. The van der Waals surface area contributed by atoms with E-state index in [0.717, 1.165) is 24.3 Å². The van der Waals surface area contributed by atoms with Crippen molar-refractivity contribution in [3.8, 4) is 0 Å². The summed E-state index contributed by atoms with van der Waals surface area (Å²) >= 11 is 13.9. The minimum atomic E-state index is 0.635. The summed E-state index contributed by atoms with van der Waals surface area (Å²) in [6.45, 7) is 3.39. The molecular formula is C16H23Cl2NS. The van der Waals surface area contributed by atoms with Crippen molar-refractivity contribution in [1.29, 1.82) is 0 Å². The van der Waals surface area contributed by atoms with E-state index in [2.05, 4.69) is 18.3 Å². The predicted octanol–water partition coefficient (Wildman–Crippen LogP) is 5.64. The van der Waals surface area contributed by atoms with Gasteiger partial charge in [0, 0.05) is 10.9 Å². The molecule has 0 amide bonds. The van der Waals surface area contributed by atoms with Crippen LogP contribution in [-0.2, 0) is 0 Å². The van der Waals surface area contributed by atoms with Crippen molar-refractivity contribution in [1.82, 2.24) is 5.32 Å². The van der Waals surface area contributed by atoms with Crippen LogP contribution in [0.4, 0.5) is 0 Å². The van der Waals surface area contributed by atoms with E-state index in [9.17, 15) is 0 Å². The zero-order valence-electron chi connectivity index (χ0n) is 12.0. The van der Waals surface area contributed by atoms with Gasteiger partial charge in [-0.1, -0.05) is 36.5 Å². The number of benzene rings is 1. The lowest BCUT2D eigenvalue weighted by Gasteiger charge is -2.20. The Kier molecular flexibility index (Phi) is 7.03. The lowest BCUT2D eigenvalue weighted by molar-refractivity contribution is 0.393. The molecule has 4 heteroatoms. The lowest BCUT2D eigenvalue weighted by Crippen LogP contribution is -2.33. The van der Waals surface area contributed by atoms with Crippen molar-refractivity contribution >= 4 is 35.0 Å². The second-order valence-corrected chi connectivity index (χ2v) is 7.45. The summed E-state index contributed by atoms with van der Waals surface area (Å²) in [5.41, 5.74) is 0. The van der Waals surface area contributed by atoms with Crippen molar-refractivity contribution in [2.75, 3.05) is 12.3 Å². The van der Waals surface area contributed by atoms with Crippen molar-refractivity contribution in [2.24, 2.45) is 5.92 Å². The molecule has 1 aromatic rings. The molecule has 0 bridgehead atoms. The number of rotatable bonds is 7. The van der Waals surface area contributed by atoms with Gasteiger partial charge in [0.1, 0.15) is 0 Å². The topological polar surface area (TPSA) is 12.0 Å². The number of hydrogen-bond acceptors (Lipinski definition) is 2. The summed E-state index contributed by atoms with van der Waals surface area (Å²) < 4.78 is 0. The van der Waals surface area contributed by atoms with Crippen LogP contribution in [0.25, 0.3) is 0 Å². The van der Waals surface area contributed by atoms with E-state index in [1.165, 1.54) is 37.0 Å². The van der Waals surface area contributed by atoms with E-state index in [0.29, 0.717) is 10.0 Å². The van der Waals surface area contributed by atoms with E-state index in [1.807, 2.05) is 23.9 Å². The van der Waals surface area contributed by atoms with E-state index >= 15 is 0 Å². The van der Waals surface area contributed by atoms with Crippen LogP contribution < -0.4 is 5.32 Å². The molecule has 20 heavy (non-hydrogen) atoms. The summed E-state index contributed by atoms with van der Waals surface area (Å²) in [7, 11) is 0. The van der Waals surface area contributed by atoms with Gasteiger partial charge in [-0.05, 0) is 62.1 Å². The number of nitrogens with one attached hydrogen (secondary N) is 1. The van der Waals surface area contributed by atoms with Crippen LogP contribution in [-0.4, -0.2) is 18.3 Å². The molecular weight excluding hydrogens is 309 g/mol. The lowest BCUT2D eigenvalue weighted by atomic mass is 10.0. The number of hydrogen-bond donors (Lipinski definition) is 1. The standard InChI is InChI=1S/C16H23Cl2NS/c1-2-9-19-16-5-3-4-12(16)8-10-20-13-6-7-14(17)15(18)11-13/h6-7,11-12,16,19H,2-5,8-10H2,1H3. The van der Waals surface area contributed by atoms with Gasteiger partial charge in [0.25, 0.3) is 0 Å². The molecule has 1 aliphatic rings. The van der Waals surface area contributed by atoms with Gasteiger partial charge < -0.3 is 5.32 Å². The number of halogens is 2. The van der Waals surface area contributed by atoms with Gasteiger partial charge in [-0.2, -0.15) is 0 Å². The van der Waals surface area contributed by atoms with Crippen LogP contribution in [0.2, 0.25) is 10.0 Å². The van der Waals surface area contributed by atoms with Gasteiger partial charge >= 0.3 is 0 Å². The zero-order chi connectivity index (χ0) is 14.4. The van der Waals surface area contributed by atoms with Crippen molar-refractivity contribution in [3.63, 3.8) is 0 Å². The van der Waals surface area contributed by atoms with Crippen LogP contribution in [0.3, 0.4) is 0 Å². The first kappa shape index (κ1) is 16.5. The van der Waals surface area contributed by atoms with Crippen LogP contribution in [0.1, 0.15) is 39.0 Å². The molecule has 112 valence electrons. The summed E-state index contributed by atoms with van der Waals surface area (Å²) in [6, 6.07) is 6.65. The van der Waals surface area contributed by atoms with Crippen molar-refractivity contribution in [2.45, 2.75) is 50.0 Å². The Balaban J connectivity index is 1.75. The molecule has 0 radical (unpaired) electrons. The first-order chi connectivity index (χ1) is 9.70. The smallest absolute Gasteiger partial charge is 0.0603 e. The summed E-state index contributed by atoms with van der Waals surface area (Å²) in [5, 5.41) is 4.99. The minimum absolute atomic E-state index is 0.635. The molecule has 2 atom stereocenters. The van der Waals surface area contributed by atoms with Crippen LogP contribution in [0.5, 0.6) is 0 Å². The van der Waals surface area contributed by atoms with Crippen molar-refractivity contribution in [3.05, 3.63) is 28.2 Å². The highest BCUT2D eigenvalue weighted by molar-refractivity contribution is 7.99. The largest absolute Gasteiger partial charge is 0.314 e. The normalized spacial score (nSPS) is 22.4. The first-order valence-electron chi connectivity index (χ1n) is 7.52. The first-order valence-corrected chi connectivity index (χ1v) is 9.26. The average Bonchev–Trinajstić information content (AvgIpc) is 2.88. The quantitative estimate of drug-likeness (QED) is 0.648. The maximum atomic E-state index is 6.04. The molecule has 0 spiro atoms. The molecule has 0 aromatic heterocycles. The third-order valence-electron chi connectivity index (χ3n) is 3.96. The fourth-order valence-electron chi connectivity index (χ4n) is 2.88. The van der Waals surface area contributed by atoms with Gasteiger partial charge in [0.05, 0.1) is 10.0 Å². The monoisotopic (exact) mass is 331 g/mol. The molecule has 1 aliphatic carbocycles. The molecule has 1 aromatic carbocycles. The highest BCUT2D eigenvalue weighted by Gasteiger charge is 2.25. The third kappa shape index (κ3) is 4.84. The molecule has 0 heterocycles. The Bertz CT molecular complexity index is 425. The van der Waals surface area contributed by atoms with E-state index in [1.54, 1.807) is 0 Å². The molecule has 0 saturated heterocycles. The maximum Gasteiger partial charge on any atom is 0.0603 e. The number of thioether (sulfide) groups is 1. The van der Waals surface area contributed by atoms with Crippen LogP contribution in [0.15, 0.2) is 23.1 Å². The third-order valence-corrected chi connectivity index (χ3v) is 5.73. The predicted molar refractivity (Wildman–Crippen MR) is 91.2 cm³/mol. The maximum absolute atomic E-state index is 6.04. The van der Waals surface area contributed by atoms with E-state index in [-0.39, 0.29) is 0 Å². The molecule has 2 unspecified atom stereocenters. The van der Waals surface area contributed by atoms with E-state index in [4.69, 9.17) is 23.2 Å². The van der Waals surface area contributed by atoms with Crippen LogP contribution >= 0.6 is 35.0 Å². The van der Waals surface area contributed by atoms with Gasteiger partial charge in [-0.25, -0.2) is 0 Å². The SMILES string of the molecule is CCCNC1CCCC1CCSc1ccc(Cl)c(Cl)c1. The van der Waals surface area contributed by atoms with Crippen LogP contribution in [0, 0.1) is 5.92 Å². The highest BCUT2D eigenvalue weighted by atomic mass is 35.5. The van der Waals surface area contributed by atoms with Gasteiger partial charge in [0.2, 0.25) is 0 Å². The molecule has 1 N–H and O–H groups in total. The second kappa shape index (κ2) is 8.53. The highest BCUT2D eigenvalue weighted by Crippen LogP contribution is 2.32. The Morgan fingerprint density at radius 2 is 2.10 bits per heavy atom. The molecule has 1 nitrogen and oxygen atoms in total. The Morgan fingerprint density at radius 3 is 2.85 bits per heavy atom. The molecule has 0 aliphatic heterocycles. The van der Waals surface area contributed by atoms with Gasteiger partial charge in [-0.3, -0.25) is 0 Å². The summed E-state index contributed by atoms with van der Waals surface area (Å²) in [4.78, 5) is 1.22. The minimum Gasteiger partial charge on any atom is -0.314 e. The zero-order valence-corrected chi connectivity index (χ0v) is 14.3. The van der Waals surface area contributed by atoms with E-state index < -0.39 is 0 Å².